The van der Waals surface area contributed by atoms with Gasteiger partial charge in [-0.25, -0.2) is 4.98 Å². The Hall–Kier alpha value is -4.43. The average Bonchev–Trinajstić information content (AvgIpc) is 3.36. The number of H-pyrrole nitrogens is 1. The summed E-state index contributed by atoms with van der Waals surface area (Å²) in [7, 11) is 0. The summed E-state index contributed by atoms with van der Waals surface area (Å²) in [5, 5.41) is 8.42. The number of benzene rings is 2. The number of hydrogen-bond acceptors (Lipinski definition) is 6. The van der Waals surface area contributed by atoms with Crippen molar-refractivity contribution in [2.45, 2.75) is 18.9 Å². The predicted octanol–water partition coefficient (Wildman–Crippen LogP) is 3.89. The molecular formula is C28H24N6O2. The highest BCUT2D eigenvalue weighted by molar-refractivity contribution is 6.09. The Morgan fingerprint density at radius 3 is 2.69 bits per heavy atom. The predicted molar refractivity (Wildman–Crippen MR) is 138 cm³/mol. The number of nitrogens with zero attached hydrogens (tertiary/aromatic N) is 3. The summed E-state index contributed by atoms with van der Waals surface area (Å²) in [5.41, 5.74) is 3.80. The number of ketones is 1. The van der Waals surface area contributed by atoms with E-state index in [2.05, 4.69) is 30.6 Å². The van der Waals surface area contributed by atoms with Crippen molar-refractivity contribution >= 4 is 33.5 Å². The van der Waals surface area contributed by atoms with Crippen LogP contribution in [0.3, 0.4) is 0 Å². The van der Waals surface area contributed by atoms with Crippen LogP contribution in [0.4, 0.5) is 0 Å². The molecule has 36 heavy (non-hydrogen) atoms. The quantitative estimate of drug-likeness (QED) is 0.332. The van der Waals surface area contributed by atoms with Crippen molar-refractivity contribution in [3.8, 4) is 11.3 Å². The minimum atomic E-state index is -0.247. The lowest BCUT2D eigenvalue weighted by Gasteiger charge is -2.23. The molecule has 2 aromatic carbocycles. The van der Waals surface area contributed by atoms with E-state index in [1.54, 1.807) is 42.7 Å². The lowest BCUT2D eigenvalue weighted by Crippen LogP contribution is -2.42. The van der Waals surface area contributed by atoms with Gasteiger partial charge in [0.15, 0.2) is 5.82 Å². The number of hydrogen-bond donors (Lipinski definition) is 3. The van der Waals surface area contributed by atoms with Gasteiger partial charge in [0.1, 0.15) is 0 Å². The van der Waals surface area contributed by atoms with Gasteiger partial charge in [0.05, 0.1) is 16.7 Å². The van der Waals surface area contributed by atoms with Crippen molar-refractivity contribution in [1.29, 1.82) is 0 Å². The molecule has 8 heteroatoms. The first-order valence-corrected chi connectivity index (χ1v) is 12.0. The maximum atomic E-state index is 13.3. The van der Waals surface area contributed by atoms with Crippen LogP contribution in [0.25, 0.3) is 33.1 Å². The average molecular weight is 477 g/mol. The molecular weight excluding hydrogens is 452 g/mol. The van der Waals surface area contributed by atoms with E-state index in [9.17, 15) is 9.59 Å². The molecule has 1 saturated heterocycles. The van der Waals surface area contributed by atoms with Crippen LogP contribution < -0.4 is 10.6 Å². The number of fused-ring (bicyclic) bond motifs is 2. The fraction of sp³-hybridized carbons (Fsp3) is 0.179. The Labute approximate surface area is 207 Å². The monoisotopic (exact) mass is 476 g/mol. The molecule has 0 atom stereocenters. The first kappa shape index (κ1) is 22.1. The van der Waals surface area contributed by atoms with Crippen LogP contribution >= 0.6 is 0 Å². The maximum Gasteiger partial charge on any atom is 0.251 e. The van der Waals surface area contributed by atoms with Crippen LogP contribution in [-0.2, 0) is 0 Å². The molecule has 3 N–H and O–H groups in total. The van der Waals surface area contributed by atoms with Crippen LogP contribution in [0.2, 0.25) is 0 Å². The van der Waals surface area contributed by atoms with Gasteiger partial charge in [-0.2, -0.15) is 0 Å². The largest absolute Gasteiger partial charge is 0.349 e. The first-order chi connectivity index (χ1) is 17.7. The van der Waals surface area contributed by atoms with Crippen LogP contribution in [0, 0.1) is 0 Å². The van der Waals surface area contributed by atoms with Crippen molar-refractivity contribution in [3.63, 3.8) is 0 Å². The molecule has 5 aromatic rings. The number of amides is 1. The summed E-state index contributed by atoms with van der Waals surface area (Å²) in [6.45, 7) is 1.81. The van der Waals surface area contributed by atoms with Gasteiger partial charge in [-0.3, -0.25) is 19.6 Å². The molecule has 6 rings (SSSR count). The molecule has 3 aromatic heterocycles. The standard InChI is InChI=1S/C28H24N6O2/c35-26(17-7-12-31-24(13-17)22-16-30-15-19-3-1-2-4-21(19)22)27-33-23-6-5-18(14-25(23)34-27)28(36)32-20-8-10-29-11-9-20/h1-7,12-16,20,29H,8-11H2,(H,32,36)(H,33,34). The third-order valence-electron chi connectivity index (χ3n) is 6.60. The van der Waals surface area contributed by atoms with E-state index in [1.165, 1.54) is 0 Å². The molecule has 1 fully saturated rings. The minimum absolute atomic E-state index is 0.117. The molecule has 0 bridgehead atoms. The van der Waals surface area contributed by atoms with E-state index in [4.69, 9.17) is 0 Å². The molecule has 0 radical (unpaired) electrons. The van der Waals surface area contributed by atoms with Gasteiger partial charge >= 0.3 is 0 Å². The SMILES string of the molecule is O=C(NC1CCNCC1)c1ccc2nc(C(=O)c3ccnc(-c4cncc5ccccc45)c3)[nH]c2c1. The van der Waals surface area contributed by atoms with Gasteiger partial charge in [-0.05, 0) is 61.6 Å². The van der Waals surface area contributed by atoms with Gasteiger partial charge in [0, 0.05) is 46.7 Å². The normalized spacial score (nSPS) is 14.2. The van der Waals surface area contributed by atoms with Crippen molar-refractivity contribution in [2.24, 2.45) is 0 Å². The summed E-state index contributed by atoms with van der Waals surface area (Å²) in [6, 6.07) is 16.8. The highest BCUT2D eigenvalue weighted by atomic mass is 16.1. The number of rotatable bonds is 5. The molecule has 4 heterocycles. The lowest BCUT2D eigenvalue weighted by molar-refractivity contribution is 0.0929. The Morgan fingerprint density at radius 1 is 0.944 bits per heavy atom. The van der Waals surface area contributed by atoms with Crippen molar-refractivity contribution in [3.05, 3.63) is 90.1 Å². The smallest absolute Gasteiger partial charge is 0.251 e. The van der Waals surface area contributed by atoms with E-state index in [0.29, 0.717) is 27.9 Å². The van der Waals surface area contributed by atoms with Gasteiger partial charge in [-0.15, -0.1) is 0 Å². The van der Waals surface area contributed by atoms with E-state index in [0.717, 1.165) is 42.3 Å². The third-order valence-corrected chi connectivity index (χ3v) is 6.60. The molecule has 0 unspecified atom stereocenters. The van der Waals surface area contributed by atoms with E-state index in [1.807, 2.05) is 30.5 Å². The fourth-order valence-corrected chi connectivity index (χ4v) is 4.67. The van der Waals surface area contributed by atoms with Crippen LogP contribution in [0.5, 0.6) is 0 Å². The van der Waals surface area contributed by atoms with Gasteiger partial charge in [0.25, 0.3) is 5.91 Å². The van der Waals surface area contributed by atoms with Crippen LogP contribution in [-0.4, -0.2) is 50.8 Å². The Balaban J connectivity index is 1.27. The fourth-order valence-electron chi connectivity index (χ4n) is 4.67. The second-order valence-corrected chi connectivity index (χ2v) is 8.98. The summed E-state index contributed by atoms with van der Waals surface area (Å²) < 4.78 is 0. The van der Waals surface area contributed by atoms with Crippen molar-refractivity contribution in [2.75, 3.05) is 13.1 Å². The molecule has 0 saturated carbocycles. The Kier molecular flexibility index (Phi) is 5.71. The van der Waals surface area contributed by atoms with Crippen LogP contribution in [0.1, 0.15) is 39.4 Å². The minimum Gasteiger partial charge on any atom is -0.349 e. The maximum absolute atomic E-state index is 13.3. The molecule has 178 valence electrons. The molecule has 0 spiro atoms. The number of carbonyl (C=O) groups is 2. The number of pyridine rings is 2. The Morgan fingerprint density at radius 2 is 1.81 bits per heavy atom. The van der Waals surface area contributed by atoms with Gasteiger partial charge < -0.3 is 15.6 Å². The summed E-state index contributed by atoms with van der Waals surface area (Å²) in [4.78, 5) is 42.5. The third kappa shape index (κ3) is 4.23. The molecule has 8 nitrogen and oxygen atoms in total. The molecule has 0 aliphatic carbocycles. The number of imidazole rings is 1. The van der Waals surface area contributed by atoms with Gasteiger partial charge in [-0.1, -0.05) is 24.3 Å². The van der Waals surface area contributed by atoms with Crippen molar-refractivity contribution in [1.82, 2.24) is 30.6 Å². The molecule has 1 aliphatic heterocycles. The number of aromatic nitrogens is 4. The van der Waals surface area contributed by atoms with E-state index >= 15 is 0 Å². The van der Waals surface area contributed by atoms with E-state index in [-0.39, 0.29) is 23.6 Å². The van der Waals surface area contributed by atoms with E-state index < -0.39 is 0 Å². The van der Waals surface area contributed by atoms with Gasteiger partial charge in [0.2, 0.25) is 5.78 Å². The summed E-state index contributed by atoms with van der Waals surface area (Å²) in [6.07, 6.45) is 7.02. The lowest BCUT2D eigenvalue weighted by atomic mass is 10.0. The van der Waals surface area contributed by atoms with Crippen molar-refractivity contribution < 1.29 is 9.59 Å². The number of piperidine rings is 1. The number of carbonyl (C=O) groups excluding carboxylic acids is 2. The molecule has 1 amide bonds. The highest BCUT2D eigenvalue weighted by Gasteiger charge is 2.19. The number of nitrogens with one attached hydrogen (secondary N) is 3. The number of aromatic amines is 1. The Bertz CT molecular complexity index is 1600. The first-order valence-electron chi connectivity index (χ1n) is 12.0. The van der Waals surface area contributed by atoms with Crippen LogP contribution in [0.15, 0.2) is 73.2 Å². The zero-order valence-electron chi connectivity index (χ0n) is 19.5. The second-order valence-electron chi connectivity index (χ2n) is 8.98. The zero-order chi connectivity index (χ0) is 24.5. The summed E-state index contributed by atoms with van der Waals surface area (Å²) >= 11 is 0. The summed E-state index contributed by atoms with van der Waals surface area (Å²) in [5.74, 6) is -0.147. The zero-order valence-corrected chi connectivity index (χ0v) is 19.5. The molecule has 1 aliphatic rings. The second kappa shape index (κ2) is 9.31. The highest BCUT2D eigenvalue weighted by Crippen LogP contribution is 2.27. The topological polar surface area (TPSA) is 113 Å².